The average molecular weight is 742 g/mol. The number of fused-ring (bicyclic) bond motifs is 9. The Balaban J connectivity index is 1.14. The van der Waals surface area contributed by atoms with Crippen LogP contribution in [0.2, 0.25) is 0 Å². The molecular formula is C55H35NO2. The minimum atomic E-state index is -0.534. The lowest BCUT2D eigenvalue weighted by Gasteiger charge is -2.35. The first-order valence-corrected chi connectivity index (χ1v) is 19.8. The highest BCUT2D eigenvalue weighted by Crippen LogP contribution is 2.57. The fourth-order valence-corrected chi connectivity index (χ4v) is 9.66. The van der Waals surface area contributed by atoms with Crippen molar-refractivity contribution in [3.05, 3.63) is 235 Å². The summed E-state index contributed by atoms with van der Waals surface area (Å²) >= 11 is 0. The molecule has 58 heavy (non-hydrogen) atoms. The molecule has 2 heterocycles. The molecule has 272 valence electrons. The maximum absolute atomic E-state index is 6.35. The van der Waals surface area contributed by atoms with E-state index in [1.54, 1.807) is 0 Å². The summed E-state index contributed by atoms with van der Waals surface area (Å²) in [4.78, 5) is 2.43. The summed E-state index contributed by atoms with van der Waals surface area (Å²) in [6.07, 6.45) is 0. The molecule has 0 saturated carbocycles. The van der Waals surface area contributed by atoms with Gasteiger partial charge < -0.3 is 13.7 Å². The monoisotopic (exact) mass is 741 g/mol. The topological polar surface area (TPSA) is 29.5 Å². The van der Waals surface area contributed by atoms with E-state index in [9.17, 15) is 0 Å². The van der Waals surface area contributed by atoms with E-state index in [2.05, 4.69) is 193 Å². The summed E-state index contributed by atoms with van der Waals surface area (Å²) < 4.78 is 12.6. The van der Waals surface area contributed by atoms with Gasteiger partial charge in [0.2, 0.25) is 0 Å². The zero-order valence-corrected chi connectivity index (χ0v) is 31.5. The number of anilines is 3. The molecule has 0 aliphatic heterocycles. The summed E-state index contributed by atoms with van der Waals surface area (Å²) in [6, 6.07) is 76.5. The molecule has 11 aromatic rings. The van der Waals surface area contributed by atoms with Crippen LogP contribution in [-0.2, 0) is 5.41 Å². The predicted octanol–water partition coefficient (Wildman–Crippen LogP) is 15.0. The molecule has 0 spiro atoms. The standard InChI is InChI=1S/C55H35NO2/c1-3-15-37(16-4-1)55(38-17-5-2-6-18-38)48-23-11-7-20-42(48)43-30-28-40(35-49(43)55)56(39-29-32-54-47(34-39)45-22-10-14-26-52(45)58-54)50-24-12-8-19-41(50)36-27-31-53-46(33-36)44-21-9-13-25-51(44)57-53/h1-35H. The van der Waals surface area contributed by atoms with Gasteiger partial charge in [0.05, 0.1) is 11.1 Å². The number of furan rings is 2. The Morgan fingerprint density at radius 2 is 0.828 bits per heavy atom. The highest BCUT2D eigenvalue weighted by molar-refractivity contribution is 6.08. The molecule has 0 unspecified atom stereocenters. The summed E-state index contributed by atoms with van der Waals surface area (Å²) in [7, 11) is 0. The zero-order chi connectivity index (χ0) is 38.2. The van der Waals surface area contributed by atoms with Crippen LogP contribution in [0.5, 0.6) is 0 Å². The van der Waals surface area contributed by atoms with Gasteiger partial charge in [-0.05, 0) is 99.6 Å². The van der Waals surface area contributed by atoms with Gasteiger partial charge in [0.1, 0.15) is 22.3 Å². The predicted molar refractivity (Wildman–Crippen MR) is 238 cm³/mol. The van der Waals surface area contributed by atoms with Gasteiger partial charge in [-0.2, -0.15) is 0 Å². The van der Waals surface area contributed by atoms with Gasteiger partial charge in [0.15, 0.2) is 0 Å². The third kappa shape index (κ3) is 4.74. The average Bonchev–Trinajstić information content (AvgIpc) is 3.95. The largest absolute Gasteiger partial charge is 0.456 e. The Kier molecular flexibility index (Phi) is 7.14. The van der Waals surface area contributed by atoms with Crippen LogP contribution in [0.1, 0.15) is 22.3 Å². The van der Waals surface area contributed by atoms with Crippen LogP contribution in [0, 0.1) is 0 Å². The van der Waals surface area contributed by atoms with Gasteiger partial charge in [-0.25, -0.2) is 0 Å². The van der Waals surface area contributed by atoms with Crippen molar-refractivity contribution in [1.29, 1.82) is 0 Å². The molecule has 1 aliphatic carbocycles. The molecule has 0 fully saturated rings. The maximum atomic E-state index is 6.35. The van der Waals surface area contributed by atoms with Crippen LogP contribution in [0.3, 0.4) is 0 Å². The van der Waals surface area contributed by atoms with E-state index in [-0.39, 0.29) is 0 Å². The van der Waals surface area contributed by atoms with E-state index in [1.807, 2.05) is 24.3 Å². The fourth-order valence-electron chi connectivity index (χ4n) is 9.66. The van der Waals surface area contributed by atoms with Crippen LogP contribution >= 0.6 is 0 Å². The number of nitrogens with zero attached hydrogens (tertiary/aromatic N) is 1. The molecule has 3 nitrogen and oxygen atoms in total. The van der Waals surface area contributed by atoms with E-state index < -0.39 is 5.41 Å². The van der Waals surface area contributed by atoms with E-state index in [1.165, 1.54) is 33.4 Å². The first-order valence-electron chi connectivity index (χ1n) is 19.8. The van der Waals surface area contributed by atoms with Crippen molar-refractivity contribution in [3.63, 3.8) is 0 Å². The van der Waals surface area contributed by atoms with E-state index >= 15 is 0 Å². The molecule has 12 rings (SSSR count). The van der Waals surface area contributed by atoms with Gasteiger partial charge in [-0.15, -0.1) is 0 Å². The van der Waals surface area contributed by atoms with Crippen molar-refractivity contribution >= 4 is 60.9 Å². The van der Waals surface area contributed by atoms with Crippen LogP contribution in [-0.4, -0.2) is 0 Å². The zero-order valence-electron chi connectivity index (χ0n) is 31.5. The van der Waals surface area contributed by atoms with Crippen molar-refractivity contribution < 1.29 is 8.83 Å². The summed E-state index contributed by atoms with van der Waals surface area (Å²) in [5, 5.41) is 4.40. The first kappa shape index (κ1) is 32.6. The second-order valence-electron chi connectivity index (χ2n) is 15.2. The van der Waals surface area contributed by atoms with Gasteiger partial charge >= 0.3 is 0 Å². The molecule has 0 atom stereocenters. The molecule has 0 amide bonds. The molecular weight excluding hydrogens is 707 g/mol. The summed E-state index contributed by atoms with van der Waals surface area (Å²) in [6.45, 7) is 0. The van der Waals surface area contributed by atoms with Gasteiger partial charge in [-0.1, -0.05) is 152 Å². The van der Waals surface area contributed by atoms with E-state index in [0.717, 1.165) is 72.1 Å². The number of hydrogen-bond acceptors (Lipinski definition) is 3. The lowest BCUT2D eigenvalue weighted by molar-refractivity contribution is 0.668. The second kappa shape index (κ2) is 12.7. The first-order chi connectivity index (χ1) is 28.8. The molecule has 9 aromatic carbocycles. The van der Waals surface area contributed by atoms with Gasteiger partial charge in [0.25, 0.3) is 0 Å². The molecule has 0 bridgehead atoms. The quantitative estimate of drug-likeness (QED) is 0.170. The van der Waals surface area contributed by atoms with Crippen LogP contribution in [0.25, 0.3) is 66.1 Å². The third-order valence-electron chi connectivity index (χ3n) is 12.2. The molecule has 0 saturated heterocycles. The Morgan fingerprint density at radius 1 is 0.328 bits per heavy atom. The number of rotatable bonds is 6. The molecule has 3 heteroatoms. The molecule has 0 radical (unpaired) electrons. The molecule has 0 N–H and O–H groups in total. The van der Waals surface area contributed by atoms with Crippen LogP contribution < -0.4 is 4.90 Å². The molecule has 2 aromatic heterocycles. The van der Waals surface area contributed by atoms with Gasteiger partial charge in [0, 0.05) is 38.5 Å². The third-order valence-corrected chi connectivity index (χ3v) is 12.2. The van der Waals surface area contributed by atoms with Crippen LogP contribution in [0.4, 0.5) is 17.1 Å². The minimum Gasteiger partial charge on any atom is -0.456 e. The highest BCUT2D eigenvalue weighted by Gasteiger charge is 2.46. The second-order valence-corrected chi connectivity index (χ2v) is 15.2. The fraction of sp³-hybridized carbons (Fsp3) is 0.0182. The maximum Gasteiger partial charge on any atom is 0.135 e. The van der Waals surface area contributed by atoms with Gasteiger partial charge in [-0.3, -0.25) is 0 Å². The van der Waals surface area contributed by atoms with Crippen LogP contribution in [0.15, 0.2) is 221 Å². The van der Waals surface area contributed by atoms with Crippen molar-refractivity contribution in [1.82, 2.24) is 0 Å². The lowest BCUT2D eigenvalue weighted by atomic mass is 9.67. The van der Waals surface area contributed by atoms with Crippen molar-refractivity contribution in [2.45, 2.75) is 5.41 Å². The Bertz CT molecular complexity index is 3320. The van der Waals surface area contributed by atoms with E-state index in [4.69, 9.17) is 8.83 Å². The molecule has 1 aliphatic rings. The highest BCUT2D eigenvalue weighted by atomic mass is 16.3. The summed E-state index contributed by atoms with van der Waals surface area (Å²) in [5.74, 6) is 0. The van der Waals surface area contributed by atoms with Crippen molar-refractivity contribution in [2.24, 2.45) is 0 Å². The minimum absolute atomic E-state index is 0.534. The number of benzene rings is 9. The smallest absolute Gasteiger partial charge is 0.135 e. The van der Waals surface area contributed by atoms with Crippen molar-refractivity contribution in [3.8, 4) is 22.3 Å². The number of hydrogen-bond donors (Lipinski definition) is 0. The van der Waals surface area contributed by atoms with Crippen molar-refractivity contribution in [2.75, 3.05) is 4.90 Å². The SMILES string of the molecule is c1ccc(C2(c3ccccc3)c3ccccc3-c3ccc(N(c4ccc5oc6ccccc6c5c4)c4ccccc4-c4ccc5oc6ccccc6c5c4)cc32)cc1. The van der Waals surface area contributed by atoms with E-state index in [0.29, 0.717) is 0 Å². The lowest BCUT2D eigenvalue weighted by Crippen LogP contribution is -2.28. The normalized spacial score (nSPS) is 13.0. The Labute approximate surface area is 335 Å². The Hall–Kier alpha value is -7.62. The Morgan fingerprint density at radius 3 is 1.53 bits per heavy atom. The summed E-state index contributed by atoms with van der Waals surface area (Å²) in [5.41, 5.74) is 15.9. The number of para-hydroxylation sites is 3.